The maximum Gasteiger partial charge on any atom is 0.306 e. The van der Waals surface area contributed by atoms with E-state index in [0.717, 1.165) is 148 Å². The number of esters is 2. The third kappa shape index (κ3) is 63.5. The molecule has 1 atom stereocenters. The first-order valence-corrected chi connectivity index (χ1v) is 31.3. The second kappa shape index (κ2) is 66.3. The molecule has 0 heterocycles. The summed E-state index contributed by atoms with van der Waals surface area (Å²) in [6.07, 6.45) is 104. The van der Waals surface area contributed by atoms with Gasteiger partial charge >= 0.3 is 11.9 Å². The van der Waals surface area contributed by atoms with Gasteiger partial charge < -0.3 is 14.6 Å². The molecule has 0 aliphatic heterocycles. The number of allylic oxidation sites excluding steroid dienone is 30. The predicted molar refractivity (Wildman–Crippen MR) is 343 cm³/mol. The number of ether oxygens (including phenoxy) is 2. The zero-order chi connectivity index (χ0) is 56.2. The highest BCUT2D eigenvalue weighted by Gasteiger charge is 2.16. The Morgan fingerprint density at radius 2 is 0.513 bits per heavy atom. The van der Waals surface area contributed by atoms with Crippen molar-refractivity contribution in [2.75, 3.05) is 13.2 Å². The van der Waals surface area contributed by atoms with E-state index in [9.17, 15) is 14.7 Å². The number of carbonyl (C=O) groups excluding carboxylic acids is 2. The van der Waals surface area contributed by atoms with E-state index in [0.29, 0.717) is 12.8 Å². The summed E-state index contributed by atoms with van der Waals surface area (Å²) in [5, 5.41) is 9.68. The molecule has 0 fully saturated rings. The number of hydrogen-bond donors (Lipinski definition) is 1. The maximum absolute atomic E-state index is 12.3. The van der Waals surface area contributed by atoms with Crippen molar-refractivity contribution in [1.29, 1.82) is 0 Å². The molecule has 1 N–H and O–H groups in total. The van der Waals surface area contributed by atoms with Crippen molar-refractivity contribution in [2.24, 2.45) is 0 Å². The van der Waals surface area contributed by atoms with Gasteiger partial charge in [-0.2, -0.15) is 0 Å². The Morgan fingerprint density at radius 3 is 0.769 bits per heavy atom. The van der Waals surface area contributed by atoms with Crippen molar-refractivity contribution < 1.29 is 24.2 Å². The third-order valence-corrected chi connectivity index (χ3v) is 12.7. The predicted octanol–water partition coefficient (Wildman–Crippen LogP) is 21.9. The number of hydrogen-bond acceptors (Lipinski definition) is 5. The second-order valence-electron chi connectivity index (χ2n) is 20.0. The molecule has 0 aromatic rings. The van der Waals surface area contributed by atoms with E-state index < -0.39 is 6.10 Å². The maximum atomic E-state index is 12.3. The van der Waals surface area contributed by atoms with Crippen LogP contribution in [0.15, 0.2) is 182 Å². The van der Waals surface area contributed by atoms with Gasteiger partial charge in [0, 0.05) is 12.8 Å². The van der Waals surface area contributed by atoms with Crippen molar-refractivity contribution in [1.82, 2.24) is 0 Å². The normalized spacial score (nSPS) is 13.5. The van der Waals surface area contributed by atoms with Crippen molar-refractivity contribution in [3.05, 3.63) is 182 Å². The summed E-state index contributed by atoms with van der Waals surface area (Å²) >= 11 is 0. The summed E-state index contributed by atoms with van der Waals surface area (Å²) in [6.45, 7) is 3.88. The lowest BCUT2D eigenvalue weighted by Gasteiger charge is -2.15. The van der Waals surface area contributed by atoms with Crippen LogP contribution in [0, 0.1) is 0 Å². The molecule has 5 heteroatoms. The van der Waals surface area contributed by atoms with Gasteiger partial charge in [0.2, 0.25) is 0 Å². The molecule has 436 valence electrons. The van der Waals surface area contributed by atoms with Crippen LogP contribution in [-0.4, -0.2) is 36.4 Å². The van der Waals surface area contributed by atoms with Gasteiger partial charge in [-0.15, -0.1) is 0 Å². The van der Waals surface area contributed by atoms with Crippen LogP contribution in [0.1, 0.15) is 245 Å². The smallest absolute Gasteiger partial charge is 0.306 e. The number of aliphatic hydroxyl groups excluding tert-OH is 1. The lowest BCUT2D eigenvalue weighted by molar-refractivity contribution is -0.161. The van der Waals surface area contributed by atoms with Crippen LogP contribution in [0.5, 0.6) is 0 Å². The summed E-state index contributed by atoms with van der Waals surface area (Å²) in [6, 6.07) is 0. The lowest BCUT2D eigenvalue weighted by atomic mass is 10.0. The Morgan fingerprint density at radius 1 is 0.295 bits per heavy atom. The second-order valence-corrected chi connectivity index (χ2v) is 20.0. The minimum Gasteiger partial charge on any atom is -0.462 e. The van der Waals surface area contributed by atoms with Gasteiger partial charge in [0.15, 0.2) is 6.10 Å². The minimum atomic E-state index is -0.802. The molecule has 0 aliphatic rings. The van der Waals surface area contributed by atoms with E-state index in [1.165, 1.54) is 70.6 Å². The number of rotatable bonds is 55. The van der Waals surface area contributed by atoms with Gasteiger partial charge in [-0.25, -0.2) is 0 Å². The highest BCUT2D eigenvalue weighted by Crippen LogP contribution is 2.15. The van der Waals surface area contributed by atoms with Crippen LogP contribution in [0.2, 0.25) is 0 Å². The molecule has 0 aromatic heterocycles. The van der Waals surface area contributed by atoms with E-state index in [-0.39, 0.29) is 25.2 Å². The van der Waals surface area contributed by atoms with Gasteiger partial charge in [-0.1, -0.05) is 280 Å². The van der Waals surface area contributed by atoms with Crippen molar-refractivity contribution in [2.45, 2.75) is 251 Å². The van der Waals surface area contributed by atoms with Gasteiger partial charge in [-0.05, 0) is 135 Å². The number of carbonyl (C=O) groups is 2. The Hall–Kier alpha value is -5.00. The molecule has 0 spiro atoms. The van der Waals surface area contributed by atoms with Crippen LogP contribution in [-0.2, 0) is 19.1 Å². The van der Waals surface area contributed by atoms with E-state index in [4.69, 9.17) is 9.47 Å². The molecule has 5 nitrogen and oxygen atoms in total. The summed E-state index contributed by atoms with van der Waals surface area (Å²) < 4.78 is 10.7. The molecule has 0 aromatic carbocycles. The molecule has 0 rings (SSSR count). The Kier molecular flexibility index (Phi) is 62.0. The fraction of sp³-hybridized carbons (Fsp3) is 0.562. The molecular weight excluding hydrogens is 957 g/mol. The van der Waals surface area contributed by atoms with Gasteiger partial charge in [0.25, 0.3) is 0 Å². The molecule has 0 radical (unpaired) electrons. The lowest BCUT2D eigenvalue weighted by Crippen LogP contribution is -2.28. The first kappa shape index (κ1) is 73.0. The molecule has 0 saturated heterocycles. The topological polar surface area (TPSA) is 72.8 Å². The molecule has 0 saturated carbocycles. The average molecular weight is 1070 g/mol. The molecule has 78 heavy (non-hydrogen) atoms. The zero-order valence-electron chi connectivity index (χ0n) is 49.8. The quantitative estimate of drug-likeness (QED) is 0.0373. The van der Waals surface area contributed by atoms with E-state index in [1.54, 1.807) is 0 Å². The molecule has 1 unspecified atom stereocenters. The minimum absolute atomic E-state index is 0.0885. The molecule has 0 amide bonds. The van der Waals surface area contributed by atoms with Crippen molar-refractivity contribution in [3.63, 3.8) is 0 Å². The summed E-state index contributed by atoms with van der Waals surface area (Å²) in [5.41, 5.74) is 0. The van der Waals surface area contributed by atoms with Gasteiger partial charge in [-0.3, -0.25) is 9.59 Å². The van der Waals surface area contributed by atoms with Crippen molar-refractivity contribution >= 4 is 11.9 Å². The highest BCUT2D eigenvalue weighted by atomic mass is 16.6. The number of unbranched alkanes of at least 4 members (excludes halogenated alkanes) is 17. The number of aliphatic hydroxyl groups is 1. The fourth-order valence-electron chi connectivity index (χ4n) is 8.08. The van der Waals surface area contributed by atoms with Gasteiger partial charge in [0.05, 0.1) is 6.61 Å². The van der Waals surface area contributed by atoms with Crippen LogP contribution in [0.4, 0.5) is 0 Å². The van der Waals surface area contributed by atoms with Crippen LogP contribution < -0.4 is 0 Å². The Labute approximate surface area is 480 Å². The summed E-state index contributed by atoms with van der Waals surface area (Å²) in [7, 11) is 0. The summed E-state index contributed by atoms with van der Waals surface area (Å²) in [4.78, 5) is 24.6. The first-order chi connectivity index (χ1) is 38.6. The van der Waals surface area contributed by atoms with Crippen molar-refractivity contribution in [3.8, 4) is 0 Å². The zero-order valence-corrected chi connectivity index (χ0v) is 49.8. The van der Waals surface area contributed by atoms with E-state index >= 15 is 0 Å². The molecule has 0 bridgehead atoms. The monoisotopic (exact) mass is 1070 g/mol. The summed E-state index contributed by atoms with van der Waals surface area (Å²) in [5.74, 6) is -0.632. The Balaban J connectivity index is 3.61. The fourth-order valence-corrected chi connectivity index (χ4v) is 8.08. The van der Waals surface area contributed by atoms with Crippen LogP contribution >= 0.6 is 0 Å². The molecule has 0 aliphatic carbocycles. The van der Waals surface area contributed by atoms with E-state index in [2.05, 4.69) is 196 Å². The third-order valence-electron chi connectivity index (χ3n) is 12.7. The largest absolute Gasteiger partial charge is 0.462 e. The Bertz CT molecular complexity index is 1780. The first-order valence-electron chi connectivity index (χ1n) is 31.3. The SMILES string of the molecule is CC/C=C\C/C=C\C/C=C\C/C=C\C/C=C\C/C=C\C/C=C\C/C=C\CCCCCCC(=O)OC(CO)COC(=O)CCCCCCCCCCCCCCC/C=C\C/C=C\C/C=C\C/C=C\C/C=C\C/C=C\C/C=C\CC. The average Bonchev–Trinajstić information content (AvgIpc) is 3.44. The van der Waals surface area contributed by atoms with E-state index in [1.807, 2.05) is 0 Å². The standard InChI is InChI=1S/C73H114O5/c1-3-5-7-9-11-13-15-17-19-21-23-25-27-29-31-33-34-35-36-37-38-40-41-43-45-47-49-51-53-55-57-59-61-63-65-67-72(75)77-70-71(69-74)78-73(76)68-66-64-62-60-58-56-54-52-50-48-46-44-42-39-32-30-28-26-24-22-20-18-16-14-12-10-8-6-4-2/h5-8,11-14,17-20,23-26,29-32,34-35,37-38,42,44,48,50,54,56,71,74H,3-4,9-10,15-16,21-22,27-28,33,36,39-41,43,45-47,49,51-53,55,57-70H2,1-2H3/b7-5-,8-6-,13-11-,14-12-,19-17-,20-18-,25-23-,26-24-,31-29-,32-30-,35-34-,38-37-,44-42-,50-48-,56-54-. The molecular formula is C73H114O5. The highest BCUT2D eigenvalue weighted by molar-refractivity contribution is 5.70. The van der Waals surface area contributed by atoms with Crippen LogP contribution in [0.25, 0.3) is 0 Å². The van der Waals surface area contributed by atoms with Crippen LogP contribution in [0.3, 0.4) is 0 Å². The van der Waals surface area contributed by atoms with Gasteiger partial charge in [0.1, 0.15) is 6.61 Å².